The Labute approximate surface area is 196 Å². The molecular formula is C22H26N8O4. The lowest BCUT2D eigenvalue weighted by Gasteiger charge is -2.40. The third-order valence-electron chi connectivity index (χ3n) is 6.02. The van der Waals surface area contributed by atoms with Gasteiger partial charge < -0.3 is 29.5 Å². The zero-order valence-electron chi connectivity index (χ0n) is 19.0. The van der Waals surface area contributed by atoms with Gasteiger partial charge in [0.1, 0.15) is 11.9 Å². The average molecular weight is 467 g/mol. The number of carbonyl (C=O) groups is 1. The van der Waals surface area contributed by atoms with E-state index >= 15 is 0 Å². The van der Waals surface area contributed by atoms with E-state index in [1.807, 2.05) is 0 Å². The van der Waals surface area contributed by atoms with Gasteiger partial charge in [-0.2, -0.15) is 4.98 Å². The van der Waals surface area contributed by atoms with Gasteiger partial charge in [-0.05, 0) is 6.92 Å². The Hall–Kier alpha value is -3.80. The Balaban J connectivity index is 1.30. The molecule has 2 N–H and O–H groups in total. The first-order valence-electron chi connectivity index (χ1n) is 11.1. The SMILES string of the molecule is Cc1cc(C(=O)N(C)C2CC(Oc3cc(-c4cnc(N)nc4)nc(N4CCOCC4)n3)C2)no1. The summed E-state index contributed by atoms with van der Waals surface area (Å²) in [7, 11) is 1.77. The molecule has 2 aliphatic rings. The van der Waals surface area contributed by atoms with E-state index in [0.29, 0.717) is 68.1 Å². The molecule has 12 nitrogen and oxygen atoms in total. The van der Waals surface area contributed by atoms with Crippen molar-refractivity contribution in [3.8, 4) is 17.1 Å². The summed E-state index contributed by atoms with van der Waals surface area (Å²) in [5.74, 6) is 1.67. The Bertz CT molecular complexity index is 1160. The highest BCUT2D eigenvalue weighted by Crippen LogP contribution is 2.31. The van der Waals surface area contributed by atoms with E-state index in [1.165, 1.54) is 0 Å². The van der Waals surface area contributed by atoms with E-state index < -0.39 is 0 Å². The normalized spacial score (nSPS) is 20.0. The molecule has 0 aromatic carbocycles. The second kappa shape index (κ2) is 9.21. The van der Waals surface area contributed by atoms with Crippen molar-refractivity contribution < 1.29 is 18.8 Å². The zero-order chi connectivity index (χ0) is 23.7. The van der Waals surface area contributed by atoms with Gasteiger partial charge in [0.05, 0.1) is 18.9 Å². The second-order valence-electron chi connectivity index (χ2n) is 8.42. The van der Waals surface area contributed by atoms with E-state index in [4.69, 9.17) is 24.7 Å². The molecule has 1 aliphatic carbocycles. The minimum Gasteiger partial charge on any atom is -0.474 e. The van der Waals surface area contributed by atoms with Crippen molar-refractivity contribution in [2.75, 3.05) is 44.0 Å². The molecule has 5 rings (SSSR count). The summed E-state index contributed by atoms with van der Waals surface area (Å²) >= 11 is 0. The van der Waals surface area contributed by atoms with Gasteiger partial charge in [0, 0.05) is 69.1 Å². The number of carbonyl (C=O) groups excluding carboxylic acids is 1. The number of ether oxygens (including phenoxy) is 2. The number of rotatable bonds is 6. The molecule has 12 heteroatoms. The fourth-order valence-electron chi connectivity index (χ4n) is 3.93. The third-order valence-corrected chi connectivity index (χ3v) is 6.02. The summed E-state index contributed by atoms with van der Waals surface area (Å²) in [6.45, 7) is 4.38. The molecule has 178 valence electrons. The Morgan fingerprint density at radius 2 is 1.91 bits per heavy atom. The van der Waals surface area contributed by atoms with Gasteiger partial charge in [-0.25, -0.2) is 15.0 Å². The standard InChI is InChI=1S/C22H26N8O4/c1-13-7-18(28-34-13)20(31)29(2)15-8-16(9-15)33-19-10-17(14-11-24-21(23)25-12-14)26-22(27-19)30-3-5-32-6-4-30/h7,10-12,15-16H,3-6,8-9H2,1-2H3,(H2,23,24,25). The van der Waals surface area contributed by atoms with Crippen molar-refractivity contribution in [2.45, 2.75) is 31.9 Å². The monoisotopic (exact) mass is 466 g/mol. The van der Waals surface area contributed by atoms with E-state index in [1.54, 1.807) is 43.4 Å². The molecule has 34 heavy (non-hydrogen) atoms. The molecule has 0 radical (unpaired) electrons. The largest absolute Gasteiger partial charge is 0.474 e. The van der Waals surface area contributed by atoms with E-state index in [9.17, 15) is 4.79 Å². The van der Waals surface area contributed by atoms with Gasteiger partial charge in [-0.3, -0.25) is 4.79 Å². The number of hydrogen-bond acceptors (Lipinski definition) is 11. The van der Waals surface area contributed by atoms with Crippen LogP contribution in [0.4, 0.5) is 11.9 Å². The molecule has 1 saturated heterocycles. The van der Waals surface area contributed by atoms with Gasteiger partial charge in [0.2, 0.25) is 17.8 Å². The maximum absolute atomic E-state index is 12.6. The lowest BCUT2D eigenvalue weighted by molar-refractivity contribution is 0.0231. The topological polar surface area (TPSA) is 146 Å². The molecule has 0 bridgehead atoms. The number of nitrogens with two attached hydrogens (primary N) is 1. The Morgan fingerprint density at radius 1 is 1.18 bits per heavy atom. The molecule has 1 aliphatic heterocycles. The number of hydrogen-bond donors (Lipinski definition) is 1. The average Bonchev–Trinajstić information content (AvgIpc) is 3.27. The maximum atomic E-state index is 12.6. The van der Waals surface area contributed by atoms with E-state index in [0.717, 1.165) is 5.56 Å². The van der Waals surface area contributed by atoms with Crippen LogP contribution in [-0.4, -0.2) is 81.4 Å². The molecule has 0 spiro atoms. The summed E-state index contributed by atoms with van der Waals surface area (Å²) in [6.07, 6.45) is 4.57. The number of aryl methyl sites for hydroxylation is 1. The minimum atomic E-state index is -0.164. The van der Waals surface area contributed by atoms with Crippen LogP contribution in [0.2, 0.25) is 0 Å². The highest BCUT2D eigenvalue weighted by atomic mass is 16.5. The van der Waals surface area contributed by atoms with Crippen LogP contribution in [0.5, 0.6) is 5.88 Å². The van der Waals surface area contributed by atoms with Crippen molar-refractivity contribution in [3.63, 3.8) is 0 Å². The molecule has 0 atom stereocenters. The zero-order valence-corrected chi connectivity index (χ0v) is 19.0. The van der Waals surface area contributed by atoms with Crippen LogP contribution in [0.15, 0.2) is 29.0 Å². The predicted octanol–water partition coefficient (Wildman–Crippen LogP) is 1.33. The highest BCUT2D eigenvalue weighted by Gasteiger charge is 2.37. The fraction of sp³-hybridized carbons (Fsp3) is 0.455. The molecule has 3 aromatic heterocycles. The van der Waals surface area contributed by atoms with Crippen LogP contribution in [0.1, 0.15) is 29.1 Å². The third kappa shape index (κ3) is 4.62. The molecule has 1 amide bonds. The van der Waals surface area contributed by atoms with Gasteiger partial charge in [0.15, 0.2) is 5.69 Å². The number of anilines is 2. The summed E-state index contributed by atoms with van der Waals surface area (Å²) in [5.41, 5.74) is 7.31. The van der Waals surface area contributed by atoms with Crippen LogP contribution >= 0.6 is 0 Å². The summed E-state index contributed by atoms with van der Waals surface area (Å²) < 4.78 is 16.7. The summed E-state index contributed by atoms with van der Waals surface area (Å²) in [5, 5.41) is 3.82. The number of amides is 1. The van der Waals surface area contributed by atoms with Crippen molar-refractivity contribution in [3.05, 3.63) is 36.0 Å². The first-order chi connectivity index (χ1) is 16.5. The van der Waals surface area contributed by atoms with Gasteiger partial charge >= 0.3 is 0 Å². The highest BCUT2D eigenvalue weighted by molar-refractivity contribution is 5.92. The molecule has 4 heterocycles. The van der Waals surface area contributed by atoms with E-state index in [-0.39, 0.29) is 24.0 Å². The molecule has 3 aromatic rings. The Morgan fingerprint density at radius 3 is 2.59 bits per heavy atom. The van der Waals surface area contributed by atoms with Crippen LogP contribution in [0.3, 0.4) is 0 Å². The van der Waals surface area contributed by atoms with Gasteiger partial charge in [-0.1, -0.05) is 5.16 Å². The minimum absolute atomic E-state index is 0.0556. The fourth-order valence-corrected chi connectivity index (χ4v) is 3.93. The molecular weight excluding hydrogens is 440 g/mol. The molecule has 0 unspecified atom stereocenters. The summed E-state index contributed by atoms with van der Waals surface area (Å²) in [4.78, 5) is 33.8. The first-order valence-corrected chi connectivity index (χ1v) is 11.1. The quantitative estimate of drug-likeness (QED) is 0.561. The smallest absolute Gasteiger partial charge is 0.276 e. The second-order valence-corrected chi connectivity index (χ2v) is 8.42. The maximum Gasteiger partial charge on any atom is 0.276 e. The number of morpholine rings is 1. The lowest BCUT2D eigenvalue weighted by atomic mass is 9.88. The van der Waals surface area contributed by atoms with Crippen molar-refractivity contribution in [2.24, 2.45) is 0 Å². The predicted molar refractivity (Wildman–Crippen MR) is 121 cm³/mol. The number of nitrogen functional groups attached to an aromatic ring is 1. The van der Waals surface area contributed by atoms with Crippen LogP contribution in [0.25, 0.3) is 11.3 Å². The van der Waals surface area contributed by atoms with Crippen molar-refractivity contribution in [1.82, 2.24) is 30.0 Å². The van der Waals surface area contributed by atoms with Gasteiger partial charge in [-0.15, -0.1) is 0 Å². The van der Waals surface area contributed by atoms with Crippen molar-refractivity contribution >= 4 is 17.8 Å². The van der Waals surface area contributed by atoms with Crippen LogP contribution in [0, 0.1) is 6.92 Å². The first kappa shape index (κ1) is 22.0. The Kier molecular flexibility index (Phi) is 5.97. The molecule has 1 saturated carbocycles. The molecule has 2 fully saturated rings. The number of aromatic nitrogens is 5. The summed E-state index contributed by atoms with van der Waals surface area (Å²) in [6, 6.07) is 3.47. The van der Waals surface area contributed by atoms with Gasteiger partial charge in [0.25, 0.3) is 5.91 Å². The van der Waals surface area contributed by atoms with E-state index in [2.05, 4.69) is 25.0 Å². The van der Waals surface area contributed by atoms with Crippen molar-refractivity contribution in [1.29, 1.82) is 0 Å². The van der Waals surface area contributed by atoms with Crippen LogP contribution < -0.4 is 15.4 Å². The van der Waals surface area contributed by atoms with Crippen LogP contribution in [-0.2, 0) is 4.74 Å². The lowest BCUT2D eigenvalue weighted by Crippen LogP contribution is -2.50. The number of nitrogens with zero attached hydrogens (tertiary/aromatic N) is 7.